The van der Waals surface area contributed by atoms with E-state index in [0.29, 0.717) is 28.1 Å². The first-order valence-corrected chi connectivity index (χ1v) is 5.89. The molecule has 0 aliphatic carbocycles. The van der Waals surface area contributed by atoms with Crippen molar-refractivity contribution < 1.29 is 18.7 Å². The molecule has 3 aromatic rings. The summed E-state index contributed by atoms with van der Waals surface area (Å²) in [6, 6.07) is 8.26. The molecule has 0 fully saturated rings. The summed E-state index contributed by atoms with van der Waals surface area (Å²) in [7, 11) is 0. The highest BCUT2D eigenvalue weighted by atomic mass is 16.4. The standard InChI is InChI=1S/C15H12O4/c1-8-3-6-12(18-8)15-14(9(2)16)11-5-4-10(17)7-13(11)19-15/h3-7,17H,1-2H3. The summed E-state index contributed by atoms with van der Waals surface area (Å²) in [5.41, 5.74) is 0.943. The zero-order chi connectivity index (χ0) is 13.6. The zero-order valence-corrected chi connectivity index (χ0v) is 10.6. The van der Waals surface area contributed by atoms with Gasteiger partial charge in [0, 0.05) is 11.5 Å². The first kappa shape index (κ1) is 11.6. The van der Waals surface area contributed by atoms with Crippen molar-refractivity contribution in [3.05, 3.63) is 41.7 Å². The second-order valence-electron chi connectivity index (χ2n) is 4.45. The molecule has 0 bridgehead atoms. The fourth-order valence-electron chi connectivity index (χ4n) is 2.16. The fourth-order valence-corrected chi connectivity index (χ4v) is 2.16. The maximum Gasteiger partial charge on any atom is 0.181 e. The van der Waals surface area contributed by atoms with E-state index in [1.54, 1.807) is 12.1 Å². The van der Waals surface area contributed by atoms with E-state index in [2.05, 4.69) is 0 Å². The molecule has 0 saturated carbocycles. The highest BCUT2D eigenvalue weighted by molar-refractivity contribution is 6.10. The van der Waals surface area contributed by atoms with Crippen LogP contribution >= 0.6 is 0 Å². The van der Waals surface area contributed by atoms with Gasteiger partial charge in [-0.05, 0) is 38.1 Å². The molecule has 2 aromatic heterocycles. The Bertz CT molecular complexity index is 777. The largest absolute Gasteiger partial charge is 0.508 e. The molecule has 0 atom stereocenters. The Labute approximate surface area is 109 Å². The molecular formula is C15H12O4. The van der Waals surface area contributed by atoms with Crippen molar-refractivity contribution in [3.8, 4) is 17.3 Å². The summed E-state index contributed by atoms with van der Waals surface area (Å²) >= 11 is 0. The molecule has 0 unspecified atom stereocenters. The van der Waals surface area contributed by atoms with E-state index in [9.17, 15) is 9.90 Å². The molecule has 2 heterocycles. The van der Waals surface area contributed by atoms with Gasteiger partial charge in [0.05, 0.1) is 5.56 Å². The Balaban J connectivity index is 2.34. The molecule has 96 valence electrons. The first-order valence-electron chi connectivity index (χ1n) is 5.89. The number of hydrogen-bond acceptors (Lipinski definition) is 4. The number of aromatic hydroxyl groups is 1. The number of carbonyl (C=O) groups is 1. The molecule has 0 spiro atoms. The Morgan fingerprint density at radius 2 is 1.95 bits per heavy atom. The average molecular weight is 256 g/mol. The van der Waals surface area contributed by atoms with Crippen molar-refractivity contribution in [2.75, 3.05) is 0 Å². The minimum absolute atomic E-state index is 0.0959. The van der Waals surface area contributed by atoms with E-state index in [1.165, 1.54) is 19.1 Å². The summed E-state index contributed by atoms with van der Waals surface area (Å²) in [6.07, 6.45) is 0. The van der Waals surface area contributed by atoms with Crippen LogP contribution in [-0.2, 0) is 0 Å². The van der Waals surface area contributed by atoms with Crippen LogP contribution in [0.1, 0.15) is 23.0 Å². The topological polar surface area (TPSA) is 63.6 Å². The predicted octanol–water partition coefficient (Wildman–Crippen LogP) is 3.91. The molecule has 0 aliphatic heterocycles. The van der Waals surface area contributed by atoms with Crippen LogP contribution < -0.4 is 0 Å². The number of ketones is 1. The number of furan rings is 2. The second-order valence-corrected chi connectivity index (χ2v) is 4.45. The third-order valence-corrected chi connectivity index (χ3v) is 2.99. The number of Topliss-reactive ketones (excluding diaryl/α,β-unsaturated/α-hetero) is 1. The molecule has 0 saturated heterocycles. The summed E-state index contributed by atoms with van der Waals surface area (Å²) in [5, 5.41) is 10.2. The average Bonchev–Trinajstić information content (AvgIpc) is 2.91. The Morgan fingerprint density at radius 3 is 2.58 bits per heavy atom. The number of hydrogen-bond donors (Lipinski definition) is 1. The monoisotopic (exact) mass is 256 g/mol. The van der Waals surface area contributed by atoms with Crippen molar-refractivity contribution in [2.24, 2.45) is 0 Å². The lowest BCUT2D eigenvalue weighted by Crippen LogP contribution is -1.92. The Kier molecular flexibility index (Phi) is 2.45. The van der Waals surface area contributed by atoms with Crippen molar-refractivity contribution >= 4 is 16.8 Å². The smallest absolute Gasteiger partial charge is 0.181 e. The quantitative estimate of drug-likeness (QED) is 0.706. The summed E-state index contributed by atoms with van der Waals surface area (Å²) in [6.45, 7) is 3.31. The van der Waals surface area contributed by atoms with Crippen molar-refractivity contribution in [1.29, 1.82) is 0 Å². The van der Waals surface area contributed by atoms with E-state index in [0.717, 1.165) is 5.76 Å². The maximum absolute atomic E-state index is 11.8. The highest BCUT2D eigenvalue weighted by Gasteiger charge is 2.21. The van der Waals surface area contributed by atoms with Crippen LogP contribution in [0.2, 0.25) is 0 Å². The van der Waals surface area contributed by atoms with Gasteiger partial charge in [-0.25, -0.2) is 0 Å². The minimum atomic E-state index is -0.103. The van der Waals surface area contributed by atoms with Gasteiger partial charge in [0.2, 0.25) is 0 Å². The molecule has 3 rings (SSSR count). The van der Waals surface area contributed by atoms with Crippen molar-refractivity contribution in [2.45, 2.75) is 13.8 Å². The first-order chi connectivity index (χ1) is 9.06. The molecule has 1 aromatic carbocycles. The van der Waals surface area contributed by atoms with E-state index >= 15 is 0 Å². The summed E-state index contributed by atoms with van der Waals surface area (Å²) in [5.74, 6) is 1.65. The van der Waals surface area contributed by atoms with Crippen LogP contribution in [0.5, 0.6) is 5.75 Å². The number of aryl methyl sites for hydroxylation is 1. The lowest BCUT2D eigenvalue weighted by atomic mass is 10.1. The zero-order valence-electron chi connectivity index (χ0n) is 10.6. The molecule has 0 aliphatic rings. The van der Waals surface area contributed by atoms with Gasteiger partial charge in [0.25, 0.3) is 0 Å². The lowest BCUT2D eigenvalue weighted by Gasteiger charge is -1.95. The van der Waals surface area contributed by atoms with Crippen LogP contribution in [0.4, 0.5) is 0 Å². The van der Waals surface area contributed by atoms with Gasteiger partial charge in [-0.1, -0.05) is 0 Å². The van der Waals surface area contributed by atoms with E-state index in [-0.39, 0.29) is 11.5 Å². The van der Waals surface area contributed by atoms with Crippen LogP contribution in [0, 0.1) is 6.92 Å². The highest BCUT2D eigenvalue weighted by Crippen LogP contribution is 2.36. The normalized spacial score (nSPS) is 11.1. The number of fused-ring (bicyclic) bond motifs is 1. The number of rotatable bonds is 2. The van der Waals surface area contributed by atoms with Gasteiger partial charge in [-0.3, -0.25) is 4.79 Å². The molecule has 0 radical (unpaired) electrons. The van der Waals surface area contributed by atoms with Gasteiger partial charge in [0.15, 0.2) is 17.3 Å². The molecule has 4 heteroatoms. The van der Waals surface area contributed by atoms with Crippen molar-refractivity contribution in [3.63, 3.8) is 0 Å². The molecule has 19 heavy (non-hydrogen) atoms. The number of phenols is 1. The number of phenolic OH excluding ortho intramolecular Hbond substituents is 1. The number of benzene rings is 1. The SMILES string of the molecule is CC(=O)c1c(-c2ccc(C)o2)oc2cc(O)ccc12. The minimum Gasteiger partial charge on any atom is -0.508 e. The van der Waals surface area contributed by atoms with Gasteiger partial charge in [-0.15, -0.1) is 0 Å². The van der Waals surface area contributed by atoms with E-state index in [4.69, 9.17) is 8.83 Å². The Morgan fingerprint density at radius 1 is 1.16 bits per heavy atom. The van der Waals surface area contributed by atoms with Crippen LogP contribution in [-0.4, -0.2) is 10.9 Å². The third-order valence-electron chi connectivity index (χ3n) is 2.99. The summed E-state index contributed by atoms with van der Waals surface area (Å²) in [4.78, 5) is 11.8. The fraction of sp³-hybridized carbons (Fsp3) is 0.133. The lowest BCUT2D eigenvalue weighted by molar-refractivity contribution is 0.101. The molecule has 4 nitrogen and oxygen atoms in total. The predicted molar refractivity (Wildman–Crippen MR) is 70.3 cm³/mol. The molecule has 0 amide bonds. The van der Waals surface area contributed by atoms with E-state index in [1.807, 2.05) is 13.0 Å². The number of carbonyl (C=O) groups excluding carboxylic acids is 1. The Hall–Kier alpha value is -2.49. The molecule has 1 N–H and O–H groups in total. The van der Waals surface area contributed by atoms with Gasteiger partial charge in [-0.2, -0.15) is 0 Å². The van der Waals surface area contributed by atoms with Gasteiger partial charge < -0.3 is 13.9 Å². The molecular weight excluding hydrogens is 244 g/mol. The van der Waals surface area contributed by atoms with Crippen LogP contribution in [0.15, 0.2) is 39.2 Å². The third kappa shape index (κ3) is 1.81. The maximum atomic E-state index is 11.8. The van der Waals surface area contributed by atoms with Crippen LogP contribution in [0.3, 0.4) is 0 Å². The van der Waals surface area contributed by atoms with Crippen molar-refractivity contribution in [1.82, 2.24) is 0 Å². The van der Waals surface area contributed by atoms with Gasteiger partial charge >= 0.3 is 0 Å². The second kappa shape index (κ2) is 4.02. The van der Waals surface area contributed by atoms with Crippen LogP contribution in [0.25, 0.3) is 22.5 Å². The van der Waals surface area contributed by atoms with Gasteiger partial charge in [0.1, 0.15) is 17.1 Å². The summed E-state index contributed by atoms with van der Waals surface area (Å²) < 4.78 is 11.2. The van der Waals surface area contributed by atoms with E-state index < -0.39 is 0 Å².